The number of imidazole rings is 1. The number of aldehydes is 1. The summed E-state index contributed by atoms with van der Waals surface area (Å²) in [6.45, 7) is 1.11. The van der Waals surface area contributed by atoms with Gasteiger partial charge < -0.3 is 9.72 Å². The molecule has 0 saturated carbocycles. The molecule has 2 aromatic heterocycles. The molecule has 3 rings (SSSR count). The molecule has 1 saturated heterocycles. The summed E-state index contributed by atoms with van der Waals surface area (Å²) >= 11 is 0. The fraction of sp³-hybridized carbons (Fsp3) is 0.429. The summed E-state index contributed by atoms with van der Waals surface area (Å²) < 4.78 is 1.93. The minimum atomic E-state index is 0.531. The second-order valence-electron chi connectivity index (χ2n) is 4.90. The molecule has 0 aliphatic carbocycles. The van der Waals surface area contributed by atoms with Gasteiger partial charge in [-0.15, -0.1) is 0 Å². The molecule has 4 heteroatoms. The molecule has 3 heterocycles. The number of nitrogens with one attached hydrogen (secondary N) is 1. The molecule has 94 valence electrons. The molecule has 0 amide bonds. The Morgan fingerprint density at radius 1 is 1.50 bits per heavy atom. The van der Waals surface area contributed by atoms with Gasteiger partial charge in [0, 0.05) is 24.9 Å². The molecule has 0 aromatic carbocycles. The van der Waals surface area contributed by atoms with Gasteiger partial charge in [-0.3, -0.25) is 4.79 Å². The lowest BCUT2D eigenvalue weighted by Gasteiger charge is -2.22. The number of fused-ring (bicyclic) bond motifs is 1. The minimum absolute atomic E-state index is 0.531. The summed E-state index contributed by atoms with van der Waals surface area (Å²) in [5.41, 5.74) is 2.47. The average Bonchev–Trinajstić information content (AvgIpc) is 2.82. The number of pyridine rings is 1. The van der Waals surface area contributed by atoms with Gasteiger partial charge in [-0.05, 0) is 31.5 Å². The van der Waals surface area contributed by atoms with Gasteiger partial charge in [0.05, 0.1) is 11.3 Å². The lowest BCUT2D eigenvalue weighted by atomic mass is 10.0. The summed E-state index contributed by atoms with van der Waals surface area (Å²) in [5, 5.41) is 3.52. The monoisotopic (exact) mass is 243 g/mol. The van der Waals surface area contributed by atoms with Crippen molar-refractivity contribution in [1.82, 2.24) is 14.7 Å². The van der Waals surface area contributed by atoms with Crippen molar-refractivity contribution in [2.75, 3.05) is 6.54 Å². The van der Waals surface area contributed by atoms with E-state index in [0.717, 1.165) is 30.6 Å². The highest BCUT2D eigenvalue weighted by Gasteiger charge is 2.15. The maximum atomic E-state index is 11.0. The van der Waals surface area contributed by atoms with E-state index in [1.807, 2.05) is 22.9 Å². The summed E-state index contributed by atoms with van der Waals surface area (Å²) in [4.78, 5) is 15.5. The summed E-state index contributed by atoms with van der Waals surface area (Å²) in [6.07, 6.45) is 9.56. The van der Waals surface area contributed by atoms with E-state index in [1.165, 1.54) is 19.3 Å². The third kappa shape index (κ3) is 2.16. The zero-order chi connectivity index (χ0) is 12.4. The predicted molar refractivity (Wildman–Crippen MR) is 69.9 cm³/mol. The molecule has 0 bridgehead atoms. The van der Waals surface area contributed by atoms with E-state index in [4.69, 9.17) is 0 Å². The van der Waals surface area contributed by atoms with E-state index >= 15 is 0 Å². The highest BCUT2D eigenvalue weighted by molar-refractivity contribution is 5.84. The van der Waals surface area contributed by atoms with Crippen LogP contribution in [0.25, 0.3) is 5.65 Å². The second-order valence-corrected chi connectivity index (χ2v) is 4.90. The average molecular weight is 243 g/mol. The smallest absolute Gasteiger partial charge is 0.153 e. The first-order valence-electron chi connectivity index (χ1n) is 6.52. The zero-order valence-electron chi connectivity index (χ0n) is 10.3. The molecule has 1 aliphatic rings. The normalized spacial score (nSPS) is 20.1. The van der Waals surface area contributed by atoms with Crippen LogP contribution in [0, 0.1) is 0 Å². The van der Waals surface area contributed by atoms with Gasteiger partial charge in [0.2, 0.25) is 0 Å². The van der Waals surface area contributed by atoms with Crippen molar-refractivity contribution in [3.05, 3.63) is 35.8 Å². The first-order chi connectivity index (χ1) is 8.86. The zero-order valence-corrected chi connectivity index (χ0v) is 10.3. The number of hydrogen-bond donors (Lipinski definition) is 1. The second kappa shape index (κ2) is 4.90. The van der Waals surface area contributed by atoms with Crippen molar-refractivity contribution in [2.45, 2.75) is 31.7 Å². The van der Waals surface area contributed by atoms with Crippen molar-refractivity contribution in [1.29, 1.82) is 0 Å². The molecule has 1 N–H and O–H groups in total. The number of piperidine rings is 1. The van der Waals surface area contributed by atoms with E-state index in [-0.39, 0.29) is 0 Å². The summed E-state index contributed by atoms with van der Waals surface area (Å²) in [6, 6.07) is 4.21. The van der Waals surface area contributed by atoms with E-state index in [2.05, 4.69) is 10.3 Å². The third-order valence-electron chi connectivity index (χ3n) is 3.56. The fourth-order valence-corrected chi connectivity index (χ4v) is 2.63. The van der Waals surface area contributed by atoms with Gasteiger partial charge in [0.1, 0.15) is 5.65 Å². The first kappa shape index (κ1) is 11.4. The fourth-order valence-electron chi connectivity index (χ4n) is 2.63. The molecular weight excluding hydrogens is 226 g/mol. The van der Waals surface area contributed by atoms with Crippen LogP contribution in [0.2, 0.25) is 0 Å². The van der Waals surface area contributed by atoms with Crippen molar-refractivity contribution < 1.29 is 4.79 Å². The van der Waals surface area contributed by atoms with E-state index < -0.39 is 0 Å². The van der Waals surface area contributed by atoms with Crippen LogP contribution in [0.1, 0.15) is 35.3 Å². The van der Waals surface area contributed by atoms with Crippen LogP contribution in [0.4, 0.5) is 0 Å². The maximum absolute atomic E-state index is 11.0. The van der Waals surface area contributed by atoms with Gasteiger partial charge in [0.15, 0.2) is 6.29 Å². The molecule has 1 atom stereocenters. The first-order valence-corrected chi connectivity index (χ1v) is 6.52. The molecule has 4 nitrogen and oxygen atoms in total. The van der Waals surface area contributed by atoms with Gasteiger partial charge in [0.25, 0.3) is 0 Å². The quantitative estimate of drug-likeness (QED) is 0.837. The molecule has 1 aliphatic heterocycles. The Hall–Kier alpha value is -1.68. The molecular formula is C14H17N3O. The minimum Gasteiger partial charge on any atom is -0.314 e. The highest BCUT2D eigenvalue weighted by atomic mass is 16.1. The third-order valence-corrected chi connectivity index (χ3v) is 3.56. The van der Waals surface area contributed by atoms with Crippen LogP contribution in [0.3, 0.4) is 0 Å². The topological polar surface area (TPSA) is 46.4 Å². The van der Waals surface area contributed by atoms with Crippen LogP contribution >= 0.6 is 0 Å². The van der Waals surface area contributed by atoms with Gasteiger partial charge in [-0.1, -0.05) is 6.42 Å². The van der Waals surface area contributed by atoms with Crippen molar-refractivity contribution in [2.24, 2.45) is 0 Å². The number of carbonyl (C=O) groups excluding carboxylic acids is 1. The number of rotatable bonds is 3. The van der Waals surface area contributed by atoms with Crippen LogP contribution in [-0.2, 0) is 6.42 Å². The van der Waals surface area contributed by atoms with Crippen LogP contribution in [0.15, 0.2) is 24.5 Å². The Labute approximate surface area is 106 Å². The Bertz CT molecular complexity index is 555. The van der Waals surface area contributed by atoms with Gasteiger partial charge in [-0.25, -0.2) is 4.98 Å². The van der Waals surface area contributed by atoms with E-state index in [1.54, 1.807) is 6.07 Å². The van der Waals surface area contributed by atoms with Crippen LogP contribution in [0.5, 0.6) is 0 Å². The van der Waals surface area contributed by atoms with Crippen LogP contribution in [-0.4, -0.2) is 28.3 Å². The Morgan fingerprint density at radius 2 is 2.44 bits per heavy atom. The predicted octanol–water partition coefficient (Wildman–Crippen LogP) is 1.83. The molecule has 1 fully saturated rings. The Balaban J connectivity index is 1.86. The van der Waals surface area contributed by atoms with Gasteiger partial charge >= 0.3 is 0 Å². The molecule has 18 heavy (non-hydrogen) atoms. The van der Waals surface area contributed by atoms with Gasteiger partial charge in [-0.2, -0.15) is 0 Å². The highest BCUT2D eigenvalue weighted by Crippen LogP contribution is 2.14. The summed E-state index contributed by atoms with van der Waals surface area (Å²) in [7, 11) is 0. The molecule has 0 spiro atoms. The maximum Gasteiger partial charge on any atom is 0.153 e. The van der Waals surface area contributed by atoms with Crippen molar-refractivity contribution >= 4 is 11.9 Å². The SMILES string of the molecule is O=Cc1cccn2cc(CC3CCCCN3)nc12. The van der Waals surface area contributed by atoms with E-state index in [9.17, 15) is 4.79 Å². The molecule has 2 aromatic rings. The van der Waals surface area contributed by atoms with Crippen molar-refractivity contribution in [3.63, 3.8) is 0 Å². The number of carbonyl (C=O) groups is 1. The number of hydrogen-bond acceptors (Lipinski definition) is 3. The van der Waals surface area contributed by atoms with Crippen molar-refractivity contribution in [3.8, 4) is 0 Å². The standard InChI is InChI=1S/C14H17N3O/c18-10-11-4-3-7-17-9-13(16-14(11)17)8-12-5-1-2-6-15-12/h3-4,7,9-10,12,15H,1-2,5-6,8H2. The lowest BCUT2D eigenvalue weighted by molar-refractivity contribution is 0.112. The Morgan fingerprint density at radius 3 is 3.22 bits per heavy atom. The molecule has 1 unspecified atom stereocenters. The Kier molecular flexibility index (Phi) is 3.11. The lowest BCUT2D eigenvalue weighted by Crippen LogP contribution is -2.35. The summed E-state index contributed by atoms with van der Waals surface area (Å²) in [5.74, 6) is 0. The number of aromatic nitrogens is 2. The van der Waals surface area contributed by atoms with Crippen LogP contribution < -0.4 is 5.32 Å². The number of nitrogens with zero attached hydrogens (tertiary/aromatic N) is 2. The largest absolute Gasteiger partial charge is 0.314 e. The van der Waals surface area contributed by atoms with E-state index in [0.29, 0.717) is 11.6 Å². The molecule has 0 radical (unpaired) electrons.